The average molecular weight is 294 g/mol. The number of furan rings is 1. The van der Waals surface area contributed by atoms with Crippen molar-refractivity contribution < 1.29 is 13.9 Å². The van der Waals surface area contributed by atoms with Crippen molar-refractivity contribution in [3.63, 3.8) is 0 Å². The minimum atomic E-state index is -0.579. The van der Waals surface area contributed by atoms with E-state index >= 15 is 0 Å². The number of para-hydroxylation sites is 1. The zero-order chi connectivity index (χ0) is 14.4. The molecule has 1 heterocycles. The Morgan fingerprint density at radius 2 is 2.15 bits per heavy atom. The SMILES string of the molecule is CCC(Oc1ccccc1Cl)C(=O)NCc1ccco1. The second-order valence-electron chi connectivity index (χ2n) is 4.24. The predicted octanol–water partition coefficient (Wildman–Crippen LogP) is 3.41. The molecule has 0 aliphatic heterocycles. The quantitative estimate of drug-likeness (QED) is 0.888. The summed E-state index contributed by atoms with van der Waals surface area (Å²) in [7, 11) is 0. The molecule has 0 spiro atoms. The van der Waals surface area contributed by atoms with E-state index in [4.69, 9.17) is 20.8 Å². The molecule has 0 fully saturated rings. The van der Waals surface area contributed by atoms with E-state index in [1.165, 1.54) is 0 Å². The van der Waals surface area contributed by atoms with Gasteiger partial charge in [0.05, 0.1) is 17.8 Å². The fourth-order valence-electron chi connectivity index (χ4n) is 1.72. The third-order valence-electron chi connectivity index (χ3n) is 2.79. The summed E-state index contributed by atoms with van der Waals surface area (Å²) in [5, 5.41) is 3.27. The molecule has 0 saturated carbocycles. The predicted molar refractivity (Wildman–Crippen MR) is 76.7 cm³/mol. The van der Waals surface area contributed by atoms with Crippen LogP contribution < -0.4 is 10.1 Å². The van der Waals surface area contributed by atoms with Gasteiger partial charge in [0.1, 0.15) is 11.5 Å². The number of nitrogens with one attached hydrogen (secondary N) is 1. The van der Waals surface area contributed by atoms with Gasteiger partial charge in [-0.1, -0.05) is 30.7 Å². The Labute approximate surface area is 122 Å². The van der Waals surface area contributed by atoms with Gasteiger partial charge in [0.2, 0.25) is 0 Å². The van der Waals surface area contributed by atoms with Crippen molar-refractivity contribution >= 4 is 17.5 Å². The minimum Gasteiger partial charge on any atom is -0.479 e. The Hall–Kier alpha value is -1.94. The molecule has 1 amide bonds. The van der Waals surface area contributed by atoms with E-state index in [9.17, 15) is 4.79 Å². The maximum absolute atomic E-state index is 12.1. The summed E-state index contributed by atoms with van der Waals surface area (Å²) in [6, 6.07) is 10.7. The summed E-state index contributed by atoms with van der Waals surface area (Å²) >= 11 is 6.02. The Morgan fingerprint density at radius 1 is 1.35 bits per heavy atom. The summed E-state index contributed by atoms with van der Waals surface area (Å²) in [6.45, 7) is 2.22. The summed E-state index contributed by atoms with van der Waals surface area (Å²) < 4.78 is 10.8. The molecule has 5 heteroatoms. The van der Waals surface area contributed by atoms with Gasteiger partial charge in [-0.15, -0.1) is 0 Å². The molecule has 0 bridgehead atoms. The third-order valence-corrected chi connectivity index (χ3v) is 3.10. The number of carbonyl (C=O) groups is 1. The fourth-order valence-corrected chi connectivity index (χ4v) is 1.90. The number of ether oxygens (including phenoxy) is 1. The highest BCUT2D eigenvalue weighted by Gasteiger charge is 2.19. The smallest absolute Gasteiger partial charge is 0.261 e. The van der Waals surface area contributed by atoms with Gasteiger partial charge in [-0.3, -0.25) is 4.79 Å². The third kappa shape index (κ3) is 3.78. The highest BCUT2D eigenvalue weighted by atomic mass is 35.5. The van der Waals surface area contributed by atoms with Crippen molar-refractivity contribution in [3.8, 4) is 5.75 Å². The molecule has 0 aliphatic carbocycles. The van der Waals surface area contributed by atoms with Crippen LogP contribution in [0.5, 0.6) is 5.75 Å². The monoisotopic (exact) mass is 293 g/mol. The van der Waals surface area contributed by atoms with E-state index in [1.807, 2.05) is 19.1 Å². The first-order chi connectivity index (χ1) is 9.70. The molecule has 1 unspecified atom stereocenters. The number of halogens is 1. The lowest BCUT2D eigenvalue weighted by Gasteiger charge is -2.17. The van der Waals surface area contributed by atoms with Crippen LogP contribution in [-0.4, -0.2) is 12.0 Å². The lowest BCUT2D eigenvalue weighted by atomic mass is 10.2. The first-order valence-electron chi connectivity index (χ1n) is 6.42. The highest BCUT2D eigenvalue weighted by molar-refractivity contribution is 6.32. The zero-order valence-electron chi connectivity index (χ0n) is 11.1. The molecule has 1 N–H and O–H groups in total. The van der Waals surface area contributed by atoms with Crippen LogP contribution in [0.1, 0.15) is 19.1 Å². The van der Waals surface area contributed by atoms with E-state index in [0.717, 1.165) is 0 Å². The van der Waals surface area contributed by atoms with Crippen LogP contribution in [0.4, 0.5) is 0 Å². The average Bonchev–Trinajstić information content (AvgIpc) is 2.97. The molecule has 2 rings (SSSR count). The van der Waals surface area contributed by atoms with Crippen LogP contribution in [0.15, 0.2) is 47.1 Å². The molecule has 1 atom stereocenters. The maximum Gasteiger partial charge on any atom is 0.261 e. The molecule has 0 radical (unpaired) electrons. The number of benzene rings is 1. The lowest BCUT2D eigenvalue weighted by Crippen LogP contribution is -2.37. The Morgan fingerprint density at radius 3 is 2.80 bits per heavy atom. The maximum atomic E-state index is 12.1. The van der Waals surface area contributed by atoms with Crippen molar-refractivity contribution in [1.29, 1.82) is 0 Å². The van der Waals surface area contributed by atoms with Crippen molar-refractivity contribution in [2.75, 3.05) is 0 Å². The molecular weight excluding hydrogens is 278 g/mol. The second-order valence-corrected chi connectivity index (χ2v) is 4.65. The Bertz CT molecular complexity index is 554. The number of hydrogen-bond acceptors (Lipinski definition) is 3. The molecule has 0 aliphatic rings. The van der Waals surface area contributed by atoms with E-state index in [-0.39, 0.29) is 5.91 Å². The van der Waals surface area contributed by atoms with Gasteiger partial charge in [0, 0.05) is 0 Å². The van der Waals surface area contributed by atoms with Crippen LogP contribution in [0, 0.1) is 0 Å². The fraction of sp³-hybridized carbons (Fsp3) is 0.267. The zero-order valence-corrected chi connectivity index (χ0v) is 11.9. The minimum absolute atomic E-state index is 0.191. The molecule has 20 heavy (non-hydrogen) atoms. The summed E-state index contributed by atoms with van der Waals surface area (Å²) in [5.74, 6) is 1.02. The summed E-state index contributed by atoms with van der Waals surface area (Å²) in [6.07, 6.45) is 1.54. The van der Waals surface area contributed by atoms with Crippen molar-refractivity contribution in [2.45, 2.75) is 26.0 Å². The van der Waals surface area contributed by atoms with E-state index in [0.29, 0.717) is 29.5 Å². The van der Waals surface area contributed by atoms with Gasteiger partial charge >= 0.3 is 0 Å². The first-order valence-corrected chi connectivity index (χ1v) is 6.79. The number of amides is 1. The second kappa shape index (κ2) is 7.01. The van der Waals surface area contributed by atoms with Crippen LogP contribution in [0.25, 0.3) is 0 Å². The lowest BCUT2D eigenvalue weighted by molar-refractivity contribution is -0.128. The molecular formula is C15H16ClNO3. The van der Waals surface area contributed by atoms with Crippen molar-refractivity contribution in [1.82, 2.24) is 5.32 Å². The van der Waals surface area contributed by atoms with Gasteiger partial charge < -0.3 is 14.5 Å². The molecule has 1 aromatic heterocycles. The summed E-state index contributed by atoms with van der Waals surface area (Å²) in [5.41, 5.74) is 0. The first kappa shape index (κ1) is 14.5. The number of rotatable bonds is 6. The van der Waals surface area contributed by atoms with Gasteiger partial charge in [-0.05, 0) is 30.7 Å². The number of carbonyl (C=O) groups excluding carboxylic acids is 1. The Kier molecular flexibility index (Phi) is 5.07. The Balaban J connectivity index is 1.94. The van der Waals surface area contributed by atoms with Gasteiger partial charge in [-0.2, -0.15) is 0 Å². The molecule has 0 saturated heterocycles. The van der Waals surface area contributed by atoms with Gasteiger partial charge in [0.15, 0.2) is 6.10 Å². The van der Waals surface area contributed by atoms with E-state index < -0.39 is 6.10 Å². The molecule has 4 nitrogen and oxygen atoms in total. The van der Waals surface area contributed by atoms with Gasteiger partial charge in [0.25, 0.3) is 5.91 Å². The van der Waals surface area contributed by atoms with Crippen LogP contribution in [0.2, 0.25) is 5.02 Å². The standard InChI is InChI=1S/C15H16ClNO3/c1-2-13(20-14-8-4-3-7-12(14)16)15(18)17-10-11-6-5-9-19-11/h3-9,13H,2,10H2,1H3,(H,17,18). The normalized spacial score (nSPS) is 11.9. The summed E-state index contributed by atoms with van der Waals surface area (Å²) in [4.78, 5) is 12.1. The topological polar surface area (TPSA) is 51.5 Å². The molecule has 1 aromatic carbocycles. The van der Waals surface area contributed by atoms with E-state index in [1.54, 1.807) is 30.5 Å². The highest BCUT2D eigenvalue weighted by Crippen LogP contribution is 2.24. The molecule has 2 aromatic rings. The van der Waals surface area contributed by atoms with Crippen molar-refractivity contribution in [2.24, 2.45) is 0 Å². The molecule has 106 valence electrons. The number of hydrogen-bond donors (Lipinski definition) is 1. The van der Waals surface area contributed by atoms with Crippen LogP contribution in [0.3, 0.4) is 0 Å². The van der Waals surface area contributed by atoms with Crippen molar-refractivity contribution in [3.05, 3.63) is 53.4 Å². The van der Waals surface area contributed by atoms with Crippen LogP contribution in [-0.2, 0) is 11.3 Å². The largest absolute Gasteiger partial charge is 0.479 e. The van der Waals surface area contributed by atoms with Gasteiger partial charge in [-0.25, -0.2) is 0 Å². The van der Waals surface area contributed by atoms with Crippen LogP contribution >= 0.6 is 11.6 Å². The van der Waals surface area contributed by atoms with E-state index in [2.05, 4.69) is 5.32 Å².